The van der Waals surface area contributed by atoms with Crippen molar-refractivity contribution in [3.05, 3.63) is 51.6 Å². The Morgan fingerprint density at radius 1 is 1.12 bits per heavy atom. The zero-order valence-electron chi connectivity index (χ0n) is 14.5. The Morgan fingerprint density at radius 2 is 1.85 bits per heavy atom. The van der Waals surface area contributed by atoms with Crippen LogP contribution in [0.5, 0.6) is 0 Å². The molecule has 0 spiro atoms. The Labute approximate surface area is 148 Å². The van der Waals surface area contributed by atoms with Gasteiger partial charge in [-0.25, -0.2) is 4.98 Å². The number of nitrogens with zero attached hydrogens (tertiary/aromatic N) is 3. The molecule has 0 fully saturated rings. The van der Waals surface area contributed by atoms with Crippen molar-refractivity contribution in [1.29, 1.82) is 0 Å². The van der Waals surface area contributed by atoms with Crippen molar-refractivity contribution in [2.45, 2.75) is 19.8 Å². The van der Waals surface area contributed by atoms with Gasteiger partial charge in [0.1, 0.15) is 11.6 Å². The molecule has 0 unspecified atom stereocenters. The summed E-state index contributed by atoms with van der Waals surface area (Å²) in [7, 11) is 1.94. The van der Waals surface area contributed by atoms with Gasteiger partial charge < -0.3 is 10.3 Å². The van der Waals surface area contributed by atoms with E-state index < -0.39 is 17.4 Å². The predicted octanol–water partition coefficient (Wildman–Crippen LogP) is 1.31. The van der Waals surface area contributed by atoms with Crippen LogP contribution in [0.4, 0.5) is 5.82 Å². The molecule has 0 saturated heterocycles. The molecular weight excluding hydrogens is 334 g/mol. The maximum Gasteiger partial charge on any atom is 0.262 e. The molecule has 0 atom stereocenters. The van der Waals surface area contributed by atoms with Crippen LogP contribution in [0.25, 0.3) is 16.7 Å². The lowest BCUT2D eigenvalue weighted by Crippen LogP contribution is -2.24. The van der Waals surface area contributed by atoms with E-state index in [0.29, 0.717) is 5.69 Å². The minimum Gasteiger partial charge on any atom is -0.384 e. The van der Waals surface area contributed by atoms with E-state index in [9.17, 15) is 14.4 Å². The number of imide groups is 1. The number of pyridine rings is 1. The summed E-state index contributed by atoms with van der Waals surface area (Å²) in [5, 5.41) is 2.16. The van der Waals surface area contributed by atoms with Crippen LogP contribution in [0.2, 0.25) is 0 Å². The highest BCUT2D eigenvalue weighted by atomic mass is 16.2. The number of aryl methyl sites for hydroxylation is 1. The maximum absolute atomic E-state index is 12.5. The van der Waals surface area contributed by atoms with Crippen LogP contribution in [0.15, 0.2) is 29.1 Å². The normalized spacial score (nSPS) is 13.5. The largest absolute Gasteiger partial charge is 0.384 e. The Kier molecular flexibility index (Phi) is 3.27. The fourth-order valence-corrected chi connectivity index (χ4v) is 3.41. The highest BCUT2D eigenvalue weighted by Gasteiger charge is 2.31. The molecule has 26 heavy (non-hydrogen) atoms. The molecule has 8 heteroatoms. The molecule has 3 aromatic rings. The number of nitrogens with one attached hydrogen (secondary N) is 1. The van der Waals surface area contributed by atoms with Gasteiger partial charge in [-0.1, -0.05) is 13.8 Å². The first-order chi connectivity index (χ1) is 12.3. The van der Waals surface area contributed by atoms with Gasteiger partial charge in [-0.15, -0.1) is 0 Å². The first-order valence-corrected chi connectivity index (χ1v) is 8.17. The molecule has 0 bridgehead atoms. The average Bonchev–Trinajstić information content (AvgIpc) is 3.04. The third-order valence-electron chi connectivity index (χ3n) is 4.63. The highest BCUT2D eigenvalue weighted by Crippen LogP contribution is 2.26. The van der Waals surface area contributed by atoms with Gasteiger partial charge in [0.25, 0.3) is 17.4 Å². The van der Waals surface area contributed by atoms with E-state index in [1.807, 2.05) is 17.7 Å². The van der Waals surface area contributed by atoms with Crippen LogP contribution in [0.3, 0.4) is 0 Å². The summed E-state index contributed by atoms with van der Waals surface area (Å²) >= 11 is 0. The minimum absolute atomic E-state index is 0.00904. The smallest absolute Gasteiger partial charge is 0.262 e. The summed E-state index contributed by atoms with van der Waals surface area (Å²) in [6.45, 7) is 4.11. The van der Waals surface area contributed by atoms with E-state index in [0.717, 1.165) is 22.9 Å². The minimum atomic E-state index is -0.609. The van der Waals surface area contributed by atoms with Crippen molar-refractivity contribution >= 4 is 28.7 Å². The second-order valence-corrected chi connectivity index (χ2v) is 6.63. The van der Waals surface area contributed by atoms with Gasteiger partial charge in [-0.05, 0) is 18.2 Å². The zero-order chi connectivity index (χ0) is 18.7. The molecule has 1 aliphatic rings. The summed E-state index contributed by atoms with van der Waals surface area (Å²) < 4.78 is 3.23. The number of amides is 2. The SMILES string of the molecule is CC(C)c1nc2cc(-n3c(N)c4c(cc3=O)C(=O)NC4=O)ccc2n1C. The molecule has 1 aliphatic heterocycles. The van der Waals surface area contributed by atoms with Crippen molar-refractivity contribution in [3.63, 3.8) is 0 Å². The third kappa shape index (κ3) is 2.08. The van der Waals surface area contributed by atoms with Gasteiger partial charge in [0.15, 0.2) is 0 Å². The number of nitrogen functional groups attached to an aromatic ring is 1. The molecule has 132 valence electrons. The summed E-state index contributed by atoms with van der Waals surface area (Å²) in [6, 6.07) is 6.48. The molecule has 3 N–H and O–H groups in total. The van der Waals surface area contributed by atoms with Crippen LogP contribution in [-0.2, 0) is 7.05 Å². The van der Waals surface area contributed by atoms with Gasteiger partial charge in [-0.3, -0.25) is 24.3 Å². The summed E-state index contributed by atoms with van der Waals surface area (Å²) in [5.41, 5.74) is 7.77. The van der Waals surface area contributed by atoms with Crippen molar-refractivity contribution in [2.75, 3.05) is 5.73 Å². The number of anilines is 1. The van der Waals surface area contributed by atoms with Crippen LogP contribution in [0, 0.1) is 0 Å². The number of fused-ring (bicyclic) bond motifs is 2. The fourth-order valence-electron chi connectivity index (χ4n) is 3.41. The first-order valence-electron chi connectivity index (χ1n) is 8.17. The second-order valence-electron chi connectivity index (χ2n) is 6.63. The predicted molar refractivity (Wildman–Crippen MR) is 96.6 cm³/mol. The van der Waals surface area contributed by atoms with Gasteiger partial charge >= 0.3 is 0 Å². The Hall–Kier alpha value is -3.42. The Balaban J connectivity index is 1.97. The number of carbonyl (C=O) groups is 2. The molecule has 0 saturated carbocycles. The number of hydrogen-bond acceptors (Lipinski definition) is 5. The van der Waals surface area contributed by atoms with Crippen LogP contribution >= 0.6 is 0 Å². The highest BCUT2D eigenvalue weighted by molar-refractivity contribution is 6.23. The van der Waals surface area contributed by atoms with E-state index in [1.165, 1.54) is 4.57 Å². The van der Waals surface area contributed by atoms with E-state index >= 15 is 0 Å². The van der Waals surface area contributed by atoms with E-state index in [2.05, 4.69) is 24.1 Å². The molecule has 0 aliphatic carbocycles. The summed E-state index contributed by atoms with van der Waals surface area (Å²) in [6.07, 6.45) is 0. The van der Waals surface area contributed by atoms with Crippen molar-refractivity contribution in [1.82, 2.24) is 19.4 Å². The van der Waals surface area contributed by atoms with Crippen molar-refractivity contribution in [2.24, 2.45) is 7.05 Å². The Bertz CT molecular complexity index is 1170. The molecule has 3 heterocycles. The molecule has 2 aromatic heterocycles. The number of aromatic nitrogens is 3. The van der Waals surface area contributed by atoms with E-state index in [-0.39, 0.29) is 22.9 Å². The maximum atomic E-state index is 12.5. The third-order valence-corrected chi connectivity index (χ3v) is 4.63. The van der Waals surface area contributed by atoms with Gasteiger partial charge in [0.2, 0.25) is 0 Å². The number of carbonyl (C=O) groups excluding carboxylic acids is 2. The molecule has 8 nitrogen and oxygen atoms in total. The Morgan fingerprint density at radius 3 is 2.54 bits per heavy atom. The number of benzene rings is 1. The fraction of sp³-hybridized carbons (Fsp3) is 0.222. The number of hydrogen-bond donors (Lipinski definition) is 2. The summed E-state index contributed by atoms with van der Waals surface area (Å²) in [5.74, 6) is -0.0927. The average molecular weight is 351 g/mol. The molecular formula is C18H17N5O3. The molecule has 2 amide bonds. The molecule has 4 rings (SSSR count). The van der Waals surface area contributed by atoms with Crippen LogP contribution in [0.1, 0.15) is 46.3 Å². The van der Waals surface area contributed by atoms with E-state index in [1.54, 1.807) is 12.1 Å². The standard InChI is InChI=1S/C18H17N5O3/c1-8(2)16-20-11-6-9(4-5-12(11)22(16)3)23-13(24)7-10-14(15(23)19)18(26)21-17(10)25/h4-8H,19H2,1-3H3,(H,21,25,26). The lowest BCUT2D eigenvalue weighted by Gasteiger charge is -2.12. The van der Waals surface area contributed by atoms with Crippen molar-refractivity contribution in [3.8, 4) is 5.69 Å². The monoisotopic (exact) mass is 351 g/mol. The second kappa shape index (κ2) is 5.29. The van der Waals surface area contributed by atoms with Gasteiger partial charge in [0.05, 0.1) is 27.8 Å². The van der Waals surface area contributed by atoms with Crippen molar-refractivity contribution < 1.29 is 9.59 Å². The number of rotatable bonds is 2. The number of imidazole rings is 1. The zero-order valence-corrected chi connectivity index (χ0v) is 14.5. The lowest BCUT2D eigenvalue weighted by molar-refractivity contribution is 0.0880. The molecule has 0 radical (unpaired) electrons. The first kappa shape index (κ1) is 16.1. The number of nitrogens with two attached hydrogens (primary N) is 1. The van der Waals surface area contributed by atoms with E-state index in [4.69, 9.17) is 5.73 Å². The lowest BCUT2D eigenvalue weighted by atomic mass is 10.1. The summed E-state index contributed by atoms with van der Waals surface area (Å²) in [4.78, 5) is 40.9. The van der Waals surface area contributed by atoms with Crippen LogP contribution < -0.4 is 16.6 Å². The van der Waals surface area contributed by atoms with Gasteiger partial charge in [0, 0.05) is 19.0 Å². The van der Waals surface area contributed by atoms with Crippen LogP contribution in [-0.4, -0.2) is 25.9 Å². The van der Waals surface area contributed by atoms with Gasteiger partial charge in [-0.2, -0.15) is 0 Å². The topological polar surface area (TPSA) is 112 Å². The molecule has 1 aromatic carbocycles. The quantitative estimate of drug-likeness (QED) is 0.676.